The van der Waals surface area contributed by atoms with Gasteiger partial charge in [0.05, 0.1) is 0 Å². The summed E-state index contributed by atoms with van der Waals surface area (Å²) in [6.45, 7) is 4.01. The fourth-order valence-electron chi connectivity index (χ4n) is 2.36. The first-order valence-electron chi connectivity index (χ1n) is 4.16. The van der Waals surface area contributed by atoms with Gasteiger partial charge in [0.15, 0.2) is 0 Å². The van der Waals surface area contributed by atoms with Crippen LogP contribution < -0.4 is 0 Å². The molecule has 0 aliphatic carbocycles. The molecule has 0 amide bonds. The smallest absolute Gasteiger partial charge is 0.115 e. The molecule has 0 saturated carbocycles. The highest BCUT2D eigenvalue weighted by Crippen LogP contribution is 2.43. The molecule has 0 spiro atoms. The largest absolute Gasteiger partial charge is 0.295 e. The maximum atomic E-state index is 12.9. The van der Waals surface area contributed by atoms with Crippen molar-refractivity contribution in [2.24, 2.45) is 0 Å². The first-order chi connectivity index (χ1) is 4.77. The van der Waals surface area contributed by atoms with Gasteiger partial charge in [0.25, 0.3) is 0 Å². The molecule has 2 fully saturated rings. The number of hydrogen-bond acceptors (Lipinski definition) is 1. The van der Waals surface area contributed by atoms with Crippen LogP contribution in [0.4, 0.5) is 4.39 Å². The molecular formula is C8H14FN. The highest BCUT2D eigenvalue weighted by atomic mass is 19.1. The zero-order valence-corrected chi connectivity index (χ0v) is 6.44. The highest BCUT2D eigenvalue weighted by Gasteiger charge is 2.50. The van der Waals surface area contributed by atoms with Gasteiger partial charge in [-0.25, -0.2) is 4.39 Å². The monoisotopic (exact) mass is 143 g/mol. The minimum absolute atomic E-state index is 0.305. The van der Waals surface area contributed by atoms with Gasteiger partial charge in [0.1, 0.15) is 6.17 Å². The van der Waals surface area contributed by atoms with Crippen molar-refractivity contribution >= 4 is 0 Å². The Morgan fingerprint density at radius 1 is 1.70 bits per heavy atom. The molecule has 10 heavy (non-hydrogen) atoms. The van der Waals surface area contributed by atoms with Crippen molar-refractivity contribution in [2.45, 2.75) is 37.9 Å². The van der Waals surface area contributed by atoms with Crippen LogP contribution in [-0.4, -0.2) is 29.7 Å². The molecule has 2 heteroatoms. The molecule has 1 unspecified atom stereocenters. The van der Waals surface area contributed by atoms with E-state index in [2.05, 4.69) is 11.8 Å². The first-order valence-corrected chi connectivity index (χ1v) is 4.16. The third-order valence-corrected chi connectivity index (χ3v) is 3.20. The summed E-state index contributed by atoms with van der Waals surface area (Å²) in [7, 11) is 0. The van der Waals surface area contributed by atoms with E-state index >= 15 is 0 Å². The second kappa shape index (κ2) is 1.94. The lowest BCUT2D eigenvalue weighted by molar-refractivity contribution is 0.0244. The molecule has 0 aromatic rings. The molecule has 2 aliphatic heterocycles. The molecule has 2 rings (SSSR count). The Balaban J connectivity index is 2.10. The Bertz CT molecular complexity index is 144. The minimum atomic E-state index is -0.539. The Labute approximate surface area is 61.2 Å². The summed E-state index contributed by atoms with van der Waals surface area (Å²) >= 11 is 0. The Morgan fingerprint density at radius 3 is 2.80 bits per heavy atom. The number of halogens is 1. The maximum Gasteiger partial charge on any atom is 0.115 e. The lowest BCUT2D eigenvalue weighted by Crippen LogP contribution is -2.54. The van der Waals surface area contributed by atoms with Crippen LogP contribution in [0, 0.1) is 0 Å². The van der Waals surface area contributed by atoms with E-state index in [1.165, 1.54) is 6.42 Å². The van der Waals surface area contributed by atoms with E-state index in [1.807, 2.05) is 0 Å². The van der Waals surface area contributed by atoms with Gasteiger partial charge in [0.2, 0.25) is 0 Å². The first kappa shape index (κ1) is 6.59. The summed E-state index contributed by atoms with van der Waals surface area (Å²) in [6, 6.07) is 0. The van der Waals surface area contributed by atoms with Crippen molar-refractivity contribution in [1.29, 1.82) is 0 Å². The zero-order chi connectivity index (χ0) is 7.19. The van der Waals surface area contributed by atoms with Crippen molar-refractivity contribution in [3.8, 4) is 0 Å². The molecule has 2 saturated heterocycles. The molecule has 0 radical (unpaired) electrons. The van der Waals surface area contributed by atoms with Gasteiger partial charge >= 0.3 is 0 Å². The summed E-state index contributed by atoms with van der Waals surface area (Å²) < 4.78 is 12.9. The van der Waals surface area contributed by atoms with E-state index < -0.39 is 6.17 Å². The van der Waals surface area contributed by atoms with E-state index in [0.717, 1.165) is 19.4 Å². The molecular weight excluding hydrogens is 129 g/mol. The van der Waals surface area contributed by atoms with E-state index in [4.69, 9.17) is 0 Å². The number of rotatable bonds is 1. The van der Waals surface area contributed by atoms with Gasteiger partial charge < -0.3 is 0 Å². The lowest BCUT2D eigenvalue weighted by Gasteiger charge is -2.47. The number of fused-ring (bicyclic) bond motifs is 1. The normalized spacial score (nSPS) is 46.8. The second-order valence-electron chi connectivity index (χ2n) is 3.58. The molecule has 2 heterocycles. The average molecular weight is 143 g/mol. The molecule has 0 N–H and O–H groups in total. The molecule has 58 valence electrons. The van der Waals surface area contributed by atoms with Gasteiger partial charge in [-0.3, -0.25) is 4.90 Å². The van der Waals surface area contributed by atoms with Crippen LogP contribution in [0.3, 0.4) is 0 Å². The van der Waals surface area contributed by atoms with E-state index in [1.54, 1.807) is 0 Å². The van der Waals surface area contributed by atoms with Gasteiger partial charge in [-0.15, -0.1) is 0 Å². The Hall–Kier alpha value is -0.110. The third-order valence-electron chi connectivity index (χ3n) is 3.20. The molecule has 1 nitrogen and oxygen atoms in total. The number of alkyl halides is 1. The van der Waals surface area contributed by atoms with Crippen LogP contribution in [0.15, 0.2) is 0 Å². The fraction of sp³-hybridized carbons (Fsp3) is 1.00. The maximum absolute atomic E-state index is 12.9. The second-order valence-corrected chi connectivity index (χ2v) is 3.58. The van der Waals surface area contributed by atoms with Crippen LogP contribution >= 0.6 is 0 Å². The van der Waals surface area contributed by atoms with Gasteiger partial charge in [-0.2, -0.15) is 0 Å². The minimum Gasteiger partial charge on any atom is -0.295 e. The average Bonchev–Trinajstić information content (AvgIpc) is 2.11. The van der Waals surface area contributed by atoms with Crippen molar-refractivity contribution < 1.29 is 4.39 Å². The quantitative estimate of drug-likeness (QED) is 0.538. The summed E-state index contributed by atoms with van der Waals surface area (Å²) in [5.41, 5.74) is 0.305. The van der Waals surface area contributed by atoms with Crippen LogP contribution in [0.1, 0.15) is 26.2 Å². The number of hydrogen-bond donors (Lipinski definition) is 0. The van der Waals surface area contributed by atoms with Crippen LogP contribution in [0.5, 0.6) is 0 Å². The Morgan fingerprint density at radius 2 is 2.50 bits per heavy atom. The van der Waals surface area contributed by atoms with Crippen molar-refractivity contribution in [3.05, 3.63) is 0 Å². The summed E-state index contributed by atoms with van der Waals surface area (Å²) in [5.74, 6) is 0. The van der Waals surface area contributed by atoms with Gasteiger partial charge in [0, 0.05) is 18.6 Å². The van der Waals surface area contributed by atoms with Crippen molar-refractivity contribution in [3.63, 3.8) is 0 Å². The summed E-state index contributed by atoms with van der Waals surface area (Å²) in [6.07, 6.45) is 2.61. The predicted octanol–water partition coefficient (Wildman–Crippen LogP) is 1.58. The SMILES string of the molecule is CC[C@@]12CCN1CC(F)C2. The van der Waals surface area contributed by atoms with Crippen molar-refractivity contribution in [2.75, 3.05) is 13.1 Å². The molecule has 2 aliphatic rings. The predicted molar refractivity (Wildman–Crippen MR) is 38.7 cm³/mol. The topological polar surface area (TPSA) is 3.24 Å². The zero-order valence-electron chi connectivity index (χ0n) is 6.44. The molecule has 2 atom stereocenters. The van der Waals surface area contributed by atoms with Gasteiger partial charge in [-0.1, -0.05) is 6.92 Å². The fourth-order valence-corrected chi connectivity index (χ4v) is 2.36. The van der Waals surface area contributed by atoms with Crippen LogP contribution in [-0.2, 0) is 0 Å². The van der Waals surface area contributed by atoms with Gasteiger partial charge in [-0.05, 0) is 19.3 Å². The number of nitrogens with zero attached hydrogens (tertiary/aromatic N) is 1. The van der Waals surface area contributed by atoms with Crippen molar-refractivity contribution in [1.82, 2.24) is 4.90 Å². The van der Waals surface area contributed by atoms with E-state index in [-0.39, 0.29) is 0 Å². The standard InChI is InChI=1S/C8H14FN/c1-2-8-3-4-10(8)6-7(9)5-8/h7H,2-6H2,1H3/t7?,8-/m0/s1. The third kappa shape index (κ3) is 0.656. The lowest BCUT2D eigenvalue weighted by atomic mass is 9.82. The molecule has 0 aromatic heterocycles. The molecule has 0 bridgehead atoms. The highest BCUT2D eigenvalue weighted by molar-refractivity contribution is 5.05. The van der Waals surface area contributed by atoms with Crippen LogP contribution in [0.25, 0.3) is 0 Å². The summed E-state index contributed by atoms with van der Waals surface area (Å²) in [4.78, 5) is 2.30. The molecule has 0 aromatic carbocycles. The van der Waals surface area contributed by atoms with E-state index in [0.29, 0.717) is 12.1 Å². The van der Waals surface area contributed by atoms with Crippen LogP contribution in [0.2, 0.25) is 0 Å². The Kier molecular flexibility index (Phi) is 1.28. The summed E-state index contributed by atoms with van der Waals surface area (Å²) in [5, 5.41) is 0. The van der Waals surface area contributed by atoms with E-state index in [9.17, 15) is 4.39 Å².